The molecule has 25 heavy (non-hydrogen) atoms. The van der Waals surface area contributed by atoms with Gasteiger partial charge in [-0.3, -0.25) is 0 Å². The number of benzene rings is 1. The number of hydrogen-bond acceptors (Lipinski definition) is 3. The van der Waals surface area contributed by atoms with Crippen LogP contribution >= 0.6 is 11.8 Å². The van der Waals surface area contributed by atoms with Gasteiger partial charge in [0.1, 0.15) is 0 Å². The minimum absolute atomic E-state index is 0.128. The highest BCUT2D eigenvalue weighted by atomic mass is 32.2. The summed E-state index contributed by atoms with van der Waals surface area (Å²) < 4.78 is 40.7. The number of aromatic nitrogens is 1. The normalized spacial score (nSPS) is 16.0. The van der Waals surface area contributed by atoms with Crippen LogP contribution in [0.2, 0.25) is 0 Å². The van der Waals surface area contributed by atoms with Crippen molar-refractivity contribution in [1.82, 2.24) is 4.98 Å². The van der Waals surface area contributed by atoms with E-state index in [2.05, 4.69) is 10.3 Å². The van der Waals surface area contributed by atoms with E-state index in [9.17, 15) is 13.2 Å². The number of alkyl halides is 3. The van der Waals surface area contributed by atoms with Crippen molar-refractivity contribution in [1.29, 1.82) is 0 Å². The van der Waals surface area contributed by atoms with Gasteiger partial charge in [0.15, 0.2) is 0 Å². The summed E-state index contributed by atoms with van der Waals surface area (Å²) in [4.78, 5) is 4.25. The molecule has 1 aromatic heterocycles. The summed E-state index contributed by atoms with van der Waals surface area (Å²) in [6.45, 7) is 0. The van der Waals surface area contributed by atoms with Crippen LogP contribution in [0.3, 0.4) is 0 Å². The first-order valence-corrected chi connectivity index (χ1v) is 9.68. The Kier molecular flexibility index (Phi) is 5.57. The number of rotatable bonds is 4. The topological polar surface area (TPSA) is 24.9 Å². The first-order chi connectivity index (χ1) is 12.0. The fraction of sp³-hybridized carbons (Fsp3) is 0.421. The van der Waals surface area contributed by atoms with Gasteiger partial charge in [0.05, 0.1) is 10.6 Å². The van der Waals surface area contributed by atoms with Crippen molar-refractivity contribution in [2.24, 2.45) is 0 Å². The smallest absolute Gasteiger partial charge is 0.382 e. The number of pyridine rings is 1. The maximum atomic E-state index is 13.6. The largest absolute Gasteiger partial charge is 0.418 e. The number of halogens is 3. The molecular formula is C19H21F3N2S. The molecule has 1 aliphatic carbocycles. The van der Waals surface area contributed by atoms with E-state index in [1.807, 2.05) is 18.4 Å². The standard InChI is InChI=1S/C19H21F3N2S/c1-25-18-10-8-14(12-23-18)13-7-9-17(16(11-13)19(20,21)22)24-15-5-3-2-4-6-15/h7-12,15,24H,2-6H2,1H3. The Morgan fingerprint density at radius 2 is 1.76 bits per heavy atom. The van der Waals surface area contributed by atoms with Gasteiger partial charge in [-0.25, -0.2) is 4.98 Å². The lowest BCUT2D eigenvalue weighted by Gasteiger charge is -2.26. The Balaban J connectivity index is 1.91. The van der Waals surface area contributed by atoms with Gasteiger partial charge in [-0.1, -0.05) is 31.4 Å². The fourth-order valence-corrected chi connectivity index (χ4v) is 3.59. The summed E-state index contributed by atoms with van der Waals surface area (Å²) in [7, 11) is 0. The Morgan fingerprint density at radius 3 is 2.36 bits per heavy atom. The lowest BCUT2D eigenvalue weighted by atomic mass is 9.94. The molecule has 0 unspecified atom stereocenters. The average Bonchev–Trinajstić information content (AvgIpc) is 2.62. The van der Waals surface area contributed by atoms with Gasteiger partial charge in [-0.15, -0.1) is 11.8 Å². The van der Waals surface area contributed by atoms with Crippen LogP contribution in [0.1, 0.15) is 37.7 Å². The van der Waals surface area contributed by atoms with E-state index in [-0.39, 0.29) is 11.7 Å². The SMILES string of the molecule is CSc1ccc(-c2ccc(NC3CCCCC3)c(C(F)(F)F)c2)cn1. The maximum Gasteiger partial charge on any atom is 0.418 e. The monoisotopic (exact) mass is 366 g/mol. The van der Waals surface area contributed by atoms with Gasteiger partial charge in [-0.2, -0.15) is 13.2 Å². The molecule has 1 heterocycles. The van der Waals surface area contributed by atoms with Crippen molar-refractivity contribution in [3.05, 3.63) is 42.1 Å². The lowest BCUT2D eigenvalue weighted by molar-refractivity contribution is -0.136. The molecule has 6 heteroatoms. The molecule has 1 aromatic carbocycles. The predicted molar refractivity (Wildman–Crippen MR) is 97.0 cm³/mol. The molecule has 2 aromatic rings. The molecule has 0 bridgehead atoms. The Bertz CT molecular complexity index is 708. The highest BCUT2D eigenvalue weighted by Crippen LogP contribution is 2.38. The number of hydrogen-bond donors (Lipinski definition) is 1. The van der Waals surface area contributed by atoms with Crippen LogP contribution in [0.25, 0.3) is 11.1 Å². The van der Waals surface area contributed by atoms with Crippen LogP contribution in [0.4, 0.5) is 18.9 Å². The van der Waals surface area contributed by atoms with Crippen molar-refractivity contribution < 1.29 is 13.2 Å². The molecule has 1 aliphatic rings. The third-order valence-electron chi connectivity index (χ3n) is 4.57. The molecule has 134 valence electrons. The summed E-state index contributed by atoms with van der Waals surface area (Å²) in [5, 5.41) is 3.96. The van der Waals surface area contributed by atoms with Crippen molar-refractivity contribution >= 4 is 17.4 Å². The molecule has 1 saturated carbocycles. The molecule has 1 N–H and O–H groups in total. The van der Waals surface area contributed by atoms with Crippen molar-refractivity contribution in [3.63, 3.8) is 0 Å². The molecule has 0 atom stereocenters. The second-order valence-corrected chi connectivity index (χ2v) is 7.15. The Labute approximate surface area is 150 Å². The summed E-state index contributed by atoms with van der Waals surface area (Å²) >= 11 is 1.50. The van der Waals surface area contributed by atoms with E-state index in [4.69, 9.17) is 0 Å². The summed E-state index contributed by atoms with van der Waals surface area (Å²) in [6.07, 6.45) is 4.32. The number of anilines is 1. The third kappa shape index (κ3) is 4.48. The lowest BCUT2D eigenvalue weighted by Crippen LogP contribution is -2.24. The van der Waals surface area contributed by atoms with Crippen LogP contribution in [-0.4, -0.2) is 17.3 Å². The molecule has 1 fully saturated rings. The van der Waals surface area contributed by atoms with Crippen molar-refractivity contribution in [3.8, 4) is 11.1 Å². The zero-order valence-corrected chi connectivity index (χ0v) is 14.9. The van der Waals surface area contributed by atoms with E-state index in [0.29, 0.717) is 11.1 Å². The summed E-state index contributed by atoms with van der Waals surface area (Å²) in [5.74, 6) is 0. The first kappa shape index (κ1) is 18.1. The van der Waals surface area contributed by atoms with Crippen LogP contribution in [-0.2, 0) is 6.18 Å². The van der Waals surface area contributed by atoms with E-state index in [0.717, 1.165) is 30.7 Å². The van der Waals surface area contributed by atoms with Gasteiger partial charge in [0, 0.05) is 23.5 Å². The van der Waals surface area contributed by atoms with E-state index in [1.165, 1.54) is 24.2 Å². The number of nitrogens with one attached hydrogen (secondary N) is 1. The molecule has 0 spiro atoms. The molecule has 0 saturated heterocycles. The average molecular weight is 366 g/mol. The number of thioether (sulfide) groups is 1. The Morgan fingerprint density at radius 1 is 1.04 bits per heavy atom. The van der Waals surface area contributed by atoms with Crippen LogP contribution in [0.5, 0.6) is 0 Å². The zero-order valence-electron chi connectivity index (χ0n) is 14.1. The summed E-state index contributed by atoms with van der Waals surface area (Å²) in [6, 6.07) is 8.26. The molecule has 0 amide bonds. The maximum absolute atomic E-state index is 13.6. The third-order valence-corrected chi connectivity index (χ3v) is 5.23. The molecular weight excluding hydrogens is 345 g/mol. The van der Waals surface area contributed by atoms with Crippen LogP contribution in [0.15, 0.2) is 41.6 Å². The van der Waals surface area contributed by atoms with Gasteiger partial charge >= 0.3 is 6.18 Å². The molecule has 0 radical (unpaired) electrons. The van der Waals surface area contributed by atoms with Crippen molar-refractivity contribution in [2.45, 2.75) is 49.3 Å². The summed E-state index contributed by atoms with van der Waals surface area (Å²) in [5.41, 5.74) is 0.788. The molecule has 0 aliphatic heterocycles. The van der Waals surface area contributed by atoms with E-state index >= 15 is 0 Å². The van der Waals surface area contributed by atoms with Gasteiger partial charge in [-0.05, 0) is 42.9 Å². The molecule has 3 rings (SSSR count). The Hall–Kier alpha value is -1.69. The zero-order chi connectivity index (χ0) is 17.9. The molecule has 2 nitrogen and oxygen atoms in total. The van der Waals surface area contributed by atoms with Crippen LogP contribution in [0, 0.1) is 0 Å². The van der Waals surface area contributed by atoms with Gasteiger partial charge in [0.2, 0.25) is 0 Å². The quantitative estimate of drug-likeness (QED) is 0.649. The minimum atomic E-state index is -4.39. The van der Waals surface area contributed by atoms with E-state index in [1.54, 1.807) is 18.3 Å². The fourth-order valence-electron chi connectivity index (χ4n) is 3.22. The van der Waals surface area contributed by atoms with Gasteiger partial charge < -0.3 is 5.32 Å². The highest BCUT2D eigenvalue weighted by molar-refractivity contribution is 7.98. The van der Waals surface area contributed by atoms with Gasteiger partial charge in [0.25, 0.3) is 0 Å². The second-order valence-electron chi connectivity index (χ2n) is 6.33. The second kappa shape index (κ2) is 7.68. The van der Waals surface area contributed by atoms with Crippen LogP contribution < -0.4 is 5.32 Å². The van der Waals surface area contributed by atoms with Crippen molar-refractivity contribution in [2.75, 3.05) is 11.6 Å². The minimum Gasteiger partial charge on any atom is -0.382 e. The highest BCUT2D eigenvalue weighted by Gasteiger charge is 2.34. The first-order valence-electron chi connectivity index (χ1n) is 8.45. The number of nitrogens with zero attached hydrogens (tertiary/aromatic N) is 1. The predicted octanol–water partition coefficient (Wildman–Crippen LogP) is 6.23. The van der Waals surface area contributed by atoms with E-state index < -0.39 is 11.7 Å².